The summed E-state index contributed by atoms with van der Waals surface area (Å²) in [6, 6.07) is 21.6. The smallest absolute Gasteiger partial charge is 0.264 e. The quantitative estimate of drug-likeness (QED) is 0.317. The van der Waals surface area contributed by atoms with E-state index in [1.54, 1.807) is 30.3 Å². The average Bonchev–Trinajstić information content (AvgIpc) is 2.98. The molecular formula is C30H37N3O6S. The molecule has 3 aromatic carbocycles. The molecule has 0 aliphatic carbocycles. The van der Waals surface area contributed by atoms with Gasteiger partial charge in [0.25, 0.3) is 10.0 Å². The van der Waals surface area contributed by atoms with Gasteiger partial charge in [0, 0.05) is 19.2 Å². The number of para-hydroxylation sites is 1. The van der Waals surface area contributed by atoms with Crippen LogP contribution in [0.3, 0.4) is 0 Å². The zero-order valence-corrected chi connectivity index (χ0v) is 24.2. The molecule has 214 valence electrons. The Morgan fingerprint density at radius 3 is 2.08 bits per heavy atom. The van der Waals surface area contributed by atoms with E-state index in [2.05, 4.69) is 5.32 Å². The number of sulfonamides is 1. The van der Waals surface area contributed by atoms with Crippen molar-refractivity contribution < 1.29 is 27.5 Å². The molecule has 0 unspecified atom stereocenters. The molecule has 0 radical (unpaired) electrons. The molecule has 3 rings (SSSR count). The predicted octanol–water partition coefficient (Wildman–Crippen LogP) is 3.89. The number of nitrogens with one attached hydrogen (secondary N) is 1. The Hall–Kier alpha value is -4.05. The van der Waals surface area contributed by atoms with Crippen LogP contribution in [0.5, 0.6) is 11.5 Å². The molecule has 0 bridgehead atoms. The molecule has 40 heavy (non-hydrogen) atoms. The monoisotopic (exact) mass is 567 g/mol. The van der Waals surface area contributed by atoms with Gasteiger partial charge in [-0.1, -0.05) is 55.5 Å². The van der Waals surface area contributed by atoms with Gasteiger partial charge in [0.1, 0.15) is 12.6 Å². The first-order chi connectivity index (χ1) is 19.3. The van der Waals surface area contributed by atoms with Gasteiger partial charge in [-0.25, -0.2) is 8.42 Å². The summed E-state index contributed by atoms with van der Waals surface area (Å²) in [6.07, 6.45) is 0.885. The van der Waals surface area contributed by atoms with Crippen LogP contribution in [0, 0.1) is 0 Å². The van der Waals surface area contributed by atoms with Crippen molar-refractivity contribution in [3.63, 3.8) is 0 Å². The van der Waals surface area contributed by atoms with Gasteiger partial charge in [-0.15, -0.1) is 0 Å². The Balaban J connectivity index is 2.02. The Morgan fingerprint density at radius 1 is 0.875 bits per heavy atom. The maximum absolute atomic E-state index is 14.0. The highest BCUT2D eigenvalue weighted by molar-refractivity contribution is 7.92. The Bertz CT molecular complexity index is 1370. The molecule has 3 aromatic rings. The molecule has 0 fully saturated rings. The summed E-state index contributed by atoms with van der Waals surface area (Å²) in [6.45, 7) is 3.81. The molecule has 0 saturated carbocycles. The summed E-state index contributed by atoms with van der Waals surface area (Å²) in [5.41, 5.74) is 1.32. The number of carbonyl (C=O) groups is 2. The maximum Gasteiger partial charge on any atom is 0.264 e. The lowest BCUT2D eigenvalue weighted by atomic mass is 10.1. The van der Waals surface area contributed by atoms with Crippen LogP contribution in [-0.4, -0.2) is 65.0 Å². The largest absolute Gasteiger partial charge is 0.493 e. The van der Waals surface area contributed by atoms with Gasteiger partial charge in [-0.2, -0.15) is 0 Å². The van der Waals surface area contributed by atoms with Crippen molar-refractivity contribution in [1.29, 1.82) is 0 Å². The molecule has 1 atom stereocenters. The van der Waals surface area contributed by atoms with E-state index < -0.39 is 28.5 Å². The van der Waals surface area contributed by atoms with E-state index in [4.69, 9.17) is 9.47 Å². The fourth-order valence-corrected chi connectivity index (χ4v) is 5.85. The first-order valence-corrected chi connectivity index (χ1v) is 14.6. The standard InChI is InChI=1S/C30H37N3O6S/c1-5-26(30(35)31-6-2)32(20-19-23-13-9-7-10-14-23)29(34)22-33(24-15-11-8-12-16-24)40(36,37)25-17-18-27(38-3)28(21-25)39-4/h7-18,21,26H,5-6,19-20,22H2,1-4H3,(H,31,35)/t26-/m1/s1. The predicted molar refractivity (Wildman–Crippen MR) is 155 cm³/mol. The van der Waals surface area contributed by atoms with Gasteiger partial charge < -0.3 is 19.7 Å². The molecule has 2 amide bonds. The topological polar surface area (TPSA) is 105 Å². The summed E-state index contributed by atoms with van der Waals surface area (Å²) in [5, 5.41) is 2.80. The summed E-state index contributed by atoms with van der Waals surface area (Å²) < 4.78 is 39.6. The van der Waals surface area contributed by atoms with Crippen molar-refractivity contribution in [3.05, 3.63) is 84.4 Å². The number of rotatable bonds is 14. The lowest BCUT2D eigenvalue weighted by molar-refractivity contribution is -0.139. The van der Waals surface area contributed by atoms with Crippen molar-refractivity contribution in [2.45, 2.75) is 37.6 Å². The number of methoxy groups -OCH3 is 2. The molecule has 0 aliphatic rings. The first kappa shape index (κ1) is 30.5. The van der Waals surface area contributed by atoms with Gasteiger partial charge in [0.2, 0.25) is 11.8 Å². The Labute approximate surface area is 236 Å². The van der Waals surface area contributed by atoms with E-state index in [1.165, 1.54) is 37.3 Å². The molecule has 0 spiro atoms. The van der Waals surface area contributed by atoms with Crippen molar-refractivity contribution >= 4 is 27.5 Å². The number of benzene rings is 3. The number of anilines is 1. The molecule has 0 aromatic heterocycles. The van der Waals surface area contributed by atoms with Crippen LogP contribution in [0.15, 0.2) is 83.8 Å². The summed E-state index contributed by atoms with van der Waals surface area (Å²) in [4.78, 5) is 28.4. The van der Waals surface area contributed by atoms with Gasteiger partial charge in [-0.3, -0.25) is 13.9 Å². The second-order valence-corrected chi connectivity index (χ2v) is 10.9. The van der Waals surface area contributed by atoms with Crippen molar-refractivity contribution in [2.75, 3.05) is 38.2 Å². The third kappa shape index (κ3) is 7.32. The van der Waals surface area contributed by atoms with Crippen LogP contribution in [0.25, 0.3) is 0 Å². The van der Waals surface area contributed by atoms with E-state index in [-0.39, 0.29) is 23.1 Å². The average molecular weight is 568 g/mol. The Morgan fingerprint density at radius 2 is 1.50 bits per heavy atom. The number of hydrogen-bond acceptors (Lipinski definition) is 6. The van der Waals surface area contributed by atoms with Crippen LogP contribution in [-0.2, 0) is 26.0 Å². The molecular weight excluding hydrogens is 530 g/mol. The highest BCUT2D eigenvalue weighted by Gasteiger charge is 2.33. The SMILES string of the molecule is CCNC(=O)[C@@H](CC)N(CCc1ccccc1)C(=O)CN(c1ccccc1)S(=O)(=O)c1ccc(OC)c(OC)c1. The summed E-state index contributed by atoms with van der Waals surface area (Å²) >= 11 is 0. The summed E-state index contributed by atoms with van der Waals surface area (Å²) in [5.74, 6) is -0.138. The van der Waals surface area contributed by atoms with Crippen LogP contribution < -0.4 is 19.1 Å². The van der Waals surface area contributed by atoms with Crippen LogP contribution in [0.4, 0.5) is 5.69 Å². The molecule has 10 heteroatoms. The lowest BCUT2D eigenvalue weighted by Crippen LogP contribution is -2.53. The van der Waals surface area contributed by atoms with Gasteiger partial charge in [0.15, 0.2) is 11.5 Å². The van der Waals surface area contributed by atoms with E-state index in [9.17, 15) is 18.0 Å². The van der Waals surface area contributed by atoms with Crippen LogP contribution in [0.1, 0.15) is 25.8 Å². The molecule has 0 heterocycles. The fourth-order valence-electron chi connectivity index (χ4n) is 4.42. The highest BCUT2D eigenvalue weighted by atomic mass is 32.2. The second kappa shape index (κ2) is 14.4. The zero-order valence-electron chi connectivity index (χ0n) is 23.4. The number of likely N-dealkylation sites (N-methyl/N-ethyl adjacent to an activating group) is 1. The number of carbonyl (C=O) groups excluding carboxylic acids is 2. The van der Waals surface area contributed by atoms with Crippen molar-refractivity contribution in [2.24, 2.45) is 0 Å². The number of ether oxygens (including phenoxy) is 2. The molecule has 1 N–H and O–H groups in total. The maximum atomic E-state index is 14.0. The highest BCUT2D eigenvalue weighted by Crippen LogP contribution is 2.32. The van der Waals surface area contributed by atoms with E-state index in [0.29, 0.717) is 30.8 Å². The third-order valence-electron chi connectivity index (χ3n) is 6.49. The van der Waals surface area contributed by atoms with Crippen molar-refractivity contribution in [1.82, 2.24) is 10.2 Å². The molecule has 9 nitrogen and oxygen atoms in total. The first-order valence-electron chi connectivity index (χ1n) is 13.2. The van der Waals surface area contributed by atoms with Gasteiger partial charge in [-0.05, 0) is 49.6 Å². The minimum Gasteiger partial charge on any atom is -0.493 e. The van der Waals surface area contributed by atoms with Crippen LogP contribution in [0.2, 0.25) is 0 Å². The Kier molecular flexibility index (Phi) is 11.0. The second-order valence-electron chi connectivity index (χ2n) is 9.01. The molecule has 0 saturated heterocycles. The number of nitrogens with zero attached hydrogens (tertiary/aromatic N) is 2. The number of amides is 2. The minimum absolute atomic E-state index is 0.0617. The van der Waals surface area contributed by atoms with Gasteiger partial charge >= 0.3 is 0 Å². The third-order valence-corrected chi connectivity index (χ3v) is 8.26. The molecule has 0 aliphatic heterocycles. The lowest BCUT2D eigenvalue weighted by Gasteiger charge is -2.33. The van der Waals surface area contributed by atoms with Crippen LogP contribution >= 0.6 is 0 Å². The minimum atomic E-state index is -4.22. The van der Waals surface area contributed by atoms with E-state index >= 15 is 0 Å². The fraction of sp³-hybridized carbons (Fsp3) is 0.333. The van der Waals surface area contributed by atoms with E-state index in [0.717, 1.165) is 9.87 Å². The van der Waals surface area contributed by atoms with E-state index in [1.807, 2.05) is 44.2 Å². The van der Waals surface area contributed by atoms with Crippen molar-refractivity contribution in [3.8, 4) is 11.5 Å². The number of hydrogen-bond donors (Lipinski definition) is 1. The normalized spacial score (nSPS) is 11.8. The van der Waals surface area contributed by atoms with Gasteiger partial charge in [0.05, 0.1) is 24.8 Å². The zero-order chi connectivity index (χ0) is 29.1. The summed E-state index contributed by atoms with van der Waals surface area (Å²) in [7, 11) is -1.34.